The van der Waals surface area contributed by atoms with Crippen LogP contribution in [0.1, 0.15) is 19.4 Å². The molecular formula is C25H38N4O9. The highest BCUT2D eigenvalue weighted by Gasteiger charge is 2.27. The molecule has 1 aromatic carbocycles. The third-order valence-electron chi connectivity index (χ3n) is 5.40. The van der Waals surface area contributed by atoms with E-state index in [0.717, 1.165) is 11.3 Å². The molecule has 0 aliphatic rings. The van der Waals surface area contributed by atoms with Gasteiger partial charge in [-0.25, -0.2) is 0 Å². The monoisotopic (exact) mass is 538 g/mol. The van der Waals surface area contributed by atoms with Gasteiger partial charge in [0, 0.05) is 37.4 Å². The second kappa shape index (κ2) is 16.2. The lowest BCUT2D eigenvalue weighted by Gasteiger charge is -2.34. The fourth-order valence-electron chi connectivity index (χ4n) is 3.98. The molecule has 0 aliphatic heterocycles. The quantitative estimate of drug-likeness (QED) is 0.127. The Morgan fingerprint density at radius 1 is 0.763 bits per heavy atom. The fourth-order valence-corrected chi connectivity index (χ4v) is 3.98. The summed E-state index contributed by atoms with van der Waals surface area (Å²) in [6.07, 6.45) is 0.241. The Morgan fingerprint density at radius 3 is 1.68 bits per heavy atom. The second-order valence-electron chi connectivity index (χ2n) is 9.35. The van der Waals surface area contributed by atoms with Gasteiger partial charge in [-0.1, -0.05) is 18.7 Å². The number of rotatable bonds is 20. The standard InChI is InChI=1S/C25H38N4O9/c1-17(2)26-20-6-4-19(5-7-20)10-21(29(15-24(35)36)16-25(37)38)12-28(14-23(33)34)9-8-27(11-18(3)30)13-22(31)32/h4-7,17,21,26,30H,3,8-16H2,1-2H3,(H,31,32)(H,33,34)(H,35,36)(H,37,38). The summed E-state index contributed by atoms with van der Waals surface area (Å²) in [5, 5.41) is 50.2. The second-order valence-corrected chi connectivity index (χ2v) is 9.35. The molecule has 1 rings (SSSR count). The van der Waals surface area contributed by atoms with Gasteiger partial charge in [-0.15, -0.1) is 0 Å². The minimum atomic E-state index is -1.23. The number of nitrogens with zero attached hydrogens (tertiary/aromatic N) is 3. The van der Waals surface area contributed by atoms with Crippen molar-refractivity contribution in [3.63, 3.8) is 0 Å². The minimum Gasteiger partial charge on any atom is -0.512 e. The van der Waals surface area contributed by atoms with Crippen molar-refractivity contribution >= 4 is 29.6 Å². The van der Waals surface area contributed by atoms with Crippen LogP contribution in [-0.2, 0) is 25.6 Å². The maximum absolute atomic E-state index is 11.6. The number of hydrogen-bond donors (Lipinski definition) is 6. The Morgan fingerprint density at radius 2 is 1.24 bits per heavy atom. The van der Waals surface area contributed by atoms with Crippen LogP contribution in [0.5, 0.6) is 0 Å². The third-order valence-corrected chi connectivity index (χ3v) is 5.40. The van der Waals surface area contributed by atoms with Gasteiger partial charge in [0.1, 0.15) is 0 Å². The van der Waals surface area contributed by atoms with Gasteiger partial charge in [-0.05, 0) is 38.0 Å². The van der Waals surface area contributed by atoms with Crippen LogP contribution in [0.3, 0.4) is 0 Å². The van der Waals surface area contributed by atoms with Crippen LogP contribution in [0.2, 0.25) is 0 Å². The van der Waals surface area contributed by atoms with Gasteiger partial charge >= 0.3 is 23.9 Å². The van der Waals surface area contributed by atoms with E-state index >= 15 is 0 Å². The maximum atomic E-state index is 11.6. The zero-order chi connectivity index (χ0) is 28.8. The molecule has 0 saturated carbocycles. The van der Waals surface area contributed by atoms with Gasteiger partial charge in [0.25, 0.3) is 0 Å². The zero-order valence-corrected chi connectivity index (χ0v) is 21.7. The number of benzene rings is 1. The summed E-state index contributed by atoms with van der Waals surface area (Å²) >= 11 is 0. The molecule has 0 amide bonds. The Labute approximate surface area is 221 Å². The van der Waals surface area contributed by atoms with Crippen molar-refractivity contribution in [2.24, 2.45) is 0 Å². The van der Waals surface area contributed by atoms with Crippen LogP contribution in [-0.4, -0.2) is 129 Å². The van der Waals surface area contributed by atoms with E-state index < -0.39 is 56.1 Å². The number of aliphatic hydroxyl groups is 1. The summed E-state index contributed by atoms with van der Waals surface area (Å²) < 4.78 is 0. The van der Waals surface area contributed by atoms with Crippen molar-refractivity contribution in [2.45, 2.75) is 32.4 Å². The molecule has 38 heavy (non-hydrogen) atoms. The number of anilines is 1. The Kier molecular flexibility index (Phi) is 13.8. The number of carboxylic acid groups (broad SMARTS) is 4. The highest BCUT2D eigenvalue weighted by atomic mass is 16.4. The van der Waals surface area contributed by atoms with Gasteiger partial charge in [-0.3, -0.25) is 33.9 Å². The molecule has 13 heteroatoms. The summed E-state index contributed by atoms with van der Waals surface area (Å²) in [7, 11) is 0. The van der Waals surface area contributed by atoms with Gasteiger partial charge in [0.2, 0.25) is 0 Å². The predicted molar refractivity (Wildman–Crippen MR) is 139 cm³/mol. The number of carbonyl (C=O) groups is 4. The van der Waals surface area contributed by atoms with Gasteiger partial charge < -0.3 is 30.8 Å². The van der Waals surface area contributed by atoms with E-state index in [2.05, 4.69) is 11.9 Å². The van der Waals surface area contributed by atoms with Crippen LogP contribution < -0.4 is 5.32 Å². The van der Waals surface area contributed by atoms with Crippen molar-refractivity contribution < 1.29 is 44.7 Å². The largest absolute Gasteiger partial charge is 0.512 e. The van der Waals surface area contributed by atoms with Gasteiger partial charge in [0.15, 0.2) is 0 Å². The van der Waals surface area contributed by atoms with E-state index in [1.165, 1.54) is 14.7 Å². The van der Waals surface area contributed by atoms with Gasteiger partial charge in [0.05, 0.1) is 38.5 Å². The molecule has 0 aliphatic carbocycles. The molecule has 0 radical (unpaired) electrons. The molecule has 1 aromatic rings. The Hall–Kier alpha value is -3.68. The molecule has 0 bridgehead atoms. The average Bonchev–Trinajstić information content (AvgIpc) is 2.75. The smallest absolute Gasteiger partial charge is 0.317 e. The first kappa shape index (κ1) is 32.3. The molecule has 1 atom stereocenters. The van der Waals surface area contributed by atoms with E-state index in [0.29, 0.717) is 0 Å². The lowest BCUT2D eigenvalue weighted by Crippen LogP contribution is -2.51. The Bertz CT molecular complexity index is 921. The van der Waals surface area contributed by atoms with E-state index in [4.69, 9.17) is 5.11 Å². The lowest BCUT2D eigenvalue weighted by atomic mass is 10.0. The molecule has 0 fully saturated rings. The van der Waals surface area contributed by atoms with Crippen molar-refractivity contribution in [2.75, 3.05) is 57.7 Å². The SMILES string of the molecule is C=C(O)CN(CCN(CC(=O)O)CC(Cc1ccc(NC(C)C)cc1)N(CC(=O)O)CC(=O)O)CC(=O)O. The number of aliphatic hydroxyl groups excluding tert-OH is 1. The van der Waals surface area contributed by atoms with Crippen molar-refractivity contribution in [3.05, 3.63) is 42.2 Å². The summed E-state index contributed by atoms with van der Waals surface area (Å²) in [6.45, 7) is 5.36. The van der Waals surface area contributed by atoms with Crippen molar-refractivity contribution in [3.8, 4) is 0 Å². The number of aliphatic carboxylic acids is 4. The highest BCUT2D eigenvalue weighted by molar-refractivity contribution is 5.73. The summed E-state index contributed by atoms with van der Waals surface area (Å²) in [4.78, 5) is 50.0. The molecule has 0 saturated heterocycles. The predicted octanol–water partition coefficient (Wildman–Crippen LogP) is 0.734. The van der Waals surface area contributed by atoms with Crippen LogP contribution in [0.15, 0.2) is 36.6 Å². The number of hydrogen-bond acceptors (Lipinski definition) is 9. The zero-order valence-electron chi connectivity index (χ0n) is 21.7. The highest BCUT2D eigenvalue weighted by Crippen LogP contribution is 2.16. The lowest BCUT2D eigenvalue weighted by molar-refractivity contribution is -0.144. The summed E-state index contributed by atoms with van der Waals surface area (Å²) in [5.74, 6) is -5.01. The van der Waals surface area contributed by atoms with Crippen LogP contribution in [0.25, 0.3) is 0 Å². The molecule has 1 unspecified atom stereocenters. The maximum Gasteiger partial charge on any atom is 0.317 e. The van der Waals surface area contributed by atoms with Crippen molar-refractivity contribution in [1.29, 1.82) is 0 Å². The fraction of sp³-hybridized carbons (Fsp3) is 0.520. The van der Waals surface area contributed by atoms with E-state index in [9.17, 15) is 39.6 Å². The van der Waals surface area contributed by atoms with Crippen LogP contribution in [0, 0.1) is 0 Å². The van der Waals surface area contributed by atoms with Crippen LogP contribution in [0.4, 0.5) is 5.69 Å². The molecule has 0 heterocycles. The molecular weight excluding hydrogens is 500 g/mol. The Balaban J connectivity index is 3.22. The molecule has 6 N–H and O–H groups in total. The van der Waals surface area contributed by atoms with E-state index in [1.807, 2.05) is 38.1 Å². The first-order valence-corrected chi connectivity index (χ1v) is 12.0. The number of carboxylic acids is 4. The molecule has 0 aromatic heterocycles. The van der Waals surface area contributed by atoms with Crippen molar-refractivity contribution in [1.82, 2.24) is 14.7 Å². The third kappa shape index (κ3) is 14.2. The van der Waals surface area contributed by atoms with E-state index in [-0.39, 0.29) is 44.4 Å². The molecule has 212 valence electrons. The topological polar surface area (TPSA) is 191 Å². The molecule has 0 spiro atoms. The average molecular weight is 539 g/mol. The minimum absolute atomic E-state index is 0.000160. The normalized spacial score (nSPS) is 12.2. The summed E-state index contributed by atoms with van der Waals surface area (Å²) in [5.41, 5.74) is 1.68. The molecule has 13 nitrogen and oxygen atoms in total. The van der Waals surface area contributed by atoms with Crippen LogP contribution >= 0.6 is 0 Å². The van der Waals surface area contributed by atoms with E-state index in [1.54, 1.807) is 0 Å². The first-order valence-electron chi connectivity index (χ1n) is 12.0. The summed E-state index contributed by atoms with van der Waals surface area (Å²) in [6, 6.07) is 6.90. The first-order chi connectivity index (χ1) is 17.7. The van der Waals surface area contributed by atoms with Gasteiger partial charge in [-0.2, -0.15) is 0 Å². The number of nitrogens with one attached hydrogen (secondary N) is 1.